The number of nitrogens with zero attached hydrogens (tertiary/aromatic N) is 1. The lowest BCUT2D eigenvalue weighted by Gasteiger charge is -2.17. The van der Waals surface area contributed by atoms with Gasteiger partial charge in [0, 0.05) is 11.3 Å². The summed E-state index contributed by atoms with van der Waals surface area (Å²) in [4.78, 5) is 13.6. The van der Waals surface area contributed by atoms with Crippen LogP contribution in [0.2, 0.25) is 0 Å². The Kier molecular flexibility index (Phi) is 5.95. The first kappa shape index (κ1) is 18.5. The molecule has 136 valence electrons. The molecule has 0 fully saturated rings. The fourth-order valence-electron chi connectivity index (χ4n) is 3.32. The number of hydrogen-bond acceptors (Lipinski definition) is 4. The minimum Gasteiger partial charge on any atom is -0.494 e. The van der Waals surface area contributed by atoms with E-state index in [4.69, 9.17) is 4.74 Å². The lowest BCUT2D eigenvalue weighted by molar-refractivity contribution is -0.116. The molecule has 1 aromatic carbocycles. The molecule has 1 heterocycles. The van der Waals surface area contributed by atoms with E-state index >= 15 is 0 Å². The highest BCUT2D eigenvalue weighted by atomic mass is 32.1. The van der Waals surface area contributed by atoms with Crippen LogP contribution < -0.4 is 10.1 Å². The Bertz CT molecular complexity index is 818. The molecule has 26 heavy (non-hydrogen) atoms. The summed E-state index contributed by atoms with van der Waals surface area (Å²) in [6, 6.07) is 10.1. The predicted molar refractivity (Wildman–Crippen MR) is 105 cm³/mol. The molecule has 4 nitrogen and oxygen atoms in total. The van der Waals surface area contributed by atoms with E-state index in [1.54, 1.807) is 11.3 Å². The van der Waals surface area contributed by atoms with Crippen molar-refractivity contribution in [2.45, 2.75) is 46.0 Å². The molecule has 1 atom stereocenters. The standard InChI is InChI=1S/C21H24N2O2S/c1-3-25-16-8-5-15(6-9-16)7-11-20(24)23-21-18(13-22)17-10-4-14(2)12-19(17)26-21/h5-6,8-9,14H,3-4,7,10-12H2,1-2H3,(H,23,24). The normalized spacial score (nSPS) is 15.8. The number of amides is 1. The van der Waals surface area contributed by atoms with Gasteiger partial charge >= 0.3 is 0 Å². The van der Waals surface area contributed by atoms with Crippen LogP contribution in [0.1, 0.15) is 48.3 Å². The van der Waals surface area contributed by atoms with Crippen molar-refractivity contribution in [2.75, 3.05) is 11.9 Å². The van der Waals surface area contributed by atoms with Crippen LogP contribution in [0.15, 0.2) is 24.3 Å². The van der Waals surface area contributed by atoms with Crippen molar-refractivity contribution in [1.82, 2.24) is 0 Å². The van der Waals surface area contributed by atoms with Crippen molar-refractivity contribution < 1.29 is 9.53 Å². The van der Waals surface area contributed by atoms with E-state index in [0.29, 0.717) is 30.9 Å². The Balaban J connectivity index is 1.61. The molecule has 1 aliphatic carbocycles. The third kappa shape index (κ3) is 4.25. The van der Waals surface area contributed by atoms with Crippen LogP contribution in [-0.4, -0.2) is 12.5 Å². The van der Waals surface area contributed by atoms with Gasteiger partial charge in [0.2, 0.25) is 5.91 Å². The lowest BCUT2D eigenvalue weighted by Crippen LogP contribution is -2.12. The molecule has 0 radical (unpaired) electrons. The van der Waals surface area contributed by atoms with E-state index in [-0.39, 0.29) is 5.91 Å². The largest absolute Gasteiger partial charge is 0.494 e. The van der Waals surface area contributed by atoms with Gasteiger partial charge in [-0.1, -0.05) is 19.1 Å². The number of benzene rings is 1. The molecule has 0 saturated heterocycles. The summed E-state index contributed by atoms with van der Waals surface area (Å²) in [7, 11) is 0. The number of carbonyl (C=O) groups excluding carboxylic acids is 1. The number of aryl methyl sites for hydroxylation is 1. The van der Waals surface area contributed by atoms with E-state index in [9.17, 15) is 10.1 Å². The summed E-state index contributed by atoms with van der Waals surface area (Å²) >= 11 is 1.58. The van der Waals surface area contributed by atoms with Gasteiger partial charge in [-0.2, -0.15) is 5.26 Å². The number of fused-ring (bicyclic) bond motifs is 1. The molecule has 3 rings (SSSR count). The first-order chi connectivity index (χ1) is 12.6. The molecular formula is C21H24N2O2S. The quantitative estimate of drug-likeness (QED) is 0.803. The third-order valence-electron chi connectivity index (χ3n) is 4.75. The second kappa shape index (κ2) is 8.37. The van der Waals surface area contributed by atoms with Crippen LogP contribution in [0, 0.1) is 17.2 Å². The zero-order chi connectivity index (χ0) is 18.5. The smallest absolute Gasteiger partial charge is 0.225 e. The maximum Gasteiger partial charge on any atom is 0.225 e. The van der Waals surface area contributed by atoms with Gasteiger partial charge in [0.15, 0.2) is 0 Å². The number of thiophene rings is 1. The second-order valence-corrected chi connectivity index (χ2v) is 7.90. The Labute approximate surface area is 158 Å². The van der Waals surface area contributed by atoms with E-state index in [1.807, 2.05) is 31.2 Å². The molecule has 1 aromatic heterocycles. The SMILES string of the molecule is CCOc1ccc(CCC(=O)Nc2sc3c(c2C#N)CCC(C)C3)cc1. The molecule has 1 unspecified atom stereocenters. The van der Waals surface area contributed by atoms with Gasteiger partial charge in [-0.15, -0.1) is 11.3 Å². The molecule has 1 amide bonds. The molecule has 0 bridgehead atoms. The van der Waals surface area contributed by atoms with Gasteiger partial charge < -0.3 is 10.1 Å². The van der Waals surface area contributed by atoms with E-state index in [1.165, 1.54) is 4.88 Å². The van der Waals surface area contributed by atoms with Gasteiger partial charge in [-0.3, -0.25) is 4.79 Å². The maximum absolute atomic E-state index is 12.4. The first-order valence-corrected chi connectivity index (χ1v) is 9.98. The summed E-state index contributed by atoms with van der Waals surface area (Å²) in [5.74, 6) is 1.45. The number of rotatable bonds is 6. The van der Waals surface area contributed by atoms with Crippen LogP contribution in [0.4, 0.5) is 5.00 Å². The lowest BCUT2D eigenvalue weighted by atomic mass is 9.88. The molecule has 1 aliphatic rings. The van der Waals surface area contributed by atoms with Gasteiger partial charge in [0.05, 0.1) is 12.2 Å². The summed E-state index contributed by atoms with van der Waals surface area (Å²) in [6.45, 7) is 4.84. The van der Waals surface area contributed by atoms with Crippen molar-refractivity contribution in [3.05, 3.63) is 45.8 Å². The van der Waals surface area contributed by atoms with Crippen molar-refractivity contribution in [2.24, 2.45) is 5.92 Å². The first-order valence-electron chi connectivity index (χ1n) is 9.17. The monoisotopic (exact) mass is 368 g/mol. The molecule has 0 saturated carbocycles. The van der Waals surface area contributed by atoms with Gasteiger partial charge in [-0.05, 0) is 61.8 Å². The number of nitrogens with one attached hydrogen (secondary N) is 1. The number of hydrogen-bond donors (Lipinski definition) is 1. The summed E-state index contributed by atoms with van der Waals surface area (Å²) in [5, 5.41) is 13.2. The van der Waals surface area contributed by atoms with Crippen LogP contribution in [0.3, 0.4) is 0 Å². The highest BCUT2D eigenvalue weighted by Gasteiger charge is 2.24. The Morgan fingerprint density at radius 2 is 2.15 bits per heavy atom. The zero-order valence-electron chi connectivity index (χ0n) is 15.3. The number of ether oxygens (including phenoxy) is 1. The van der Waals surface area contributed by atoms with Crippen molar-refractivity contribution in [3.63, 3.8) is 0 Å². The highest BCUT2D eigenvalue weighted by Crippen LogP contribution is 2.39. The van der Waals surface area contributed by atoms with Crippen LogP contribution in [0.25, 0.3) is 0 Å². The van der Waals surface area contributed by atoms with Crippen LogP contribution >= 0.6 is 11.3 Å². The summed E-state index contributed by atoms with van der Waals surface area (Å²) in [5.41, 5.74) is 2.92. The summed E-state index contributed by atoms with van der Waals surface area (Å²) in [6.07, 6.45) is 4.14. The number of nitriles is 1. The van der Waals surface area contributed by atoms with Crippen LogP contribution in [0.5, 0.6) is 5.75 Å². The van der Waals surface area contributed by atoms with Crippen molar-refractivity contribution in [1.29, 1.82) is 5.26 Å². The molecule has 2 aromatic rings. The average Bonchev–Trinajstić information content (AvgIpc) is 2.97. The second-order valence-electron chi connectivity index (χ2n) is 6.79. The van der Waals surface area contributed by atoms with Gasteiger partial charge in [-0.25, -0.2) is 0 Å². The van der Waals surface area contributed by atoms with E-state index in [0.717, 1.165) is 41.1 Å². The van der Waals surface area contributed by atoms with Gasteiger partial charge in [0.25, 0.3) is 0 Å². The van der Waals surface area contributed by atoms with Crippen LogP contribution in [-0.2, 0) is 24.1 Å². The predicted octanol–water partition coefficient (Wildman–Crippen LogP) is 4.71. The van der Waals surface area contributed by atoms with E-state index in [2.05, 4.69) is 18.3 Å². The molecule has 0 aliphatic heterocycles. The molecular weight excluding hydrogens is 344 g/mol. The number of anilines is 1. The fraction of sp³-hybridized carbons (Fsp3) is 0.429. The minimum atomic E-state index is -0.0398. The molecule has 5 heteroatoms. The average molecular weight is 369 g/mol. The van der Waals surface area contributed by atoms with Crippen molar-refractivity contribution >= 4 is 22.2 Å². The molecule has 1 N–H and O–H groups in total. The summed E-state index contributed by atoms with van der Waals surface area (Å²) < 4.78 is 5.43. The van der Waals surface area contributed by atoms with E-state index < -0.39 is 0 Å². The van der Waals surface area contributed by atoms with Gasteiger partial charge in [0.1, 0.15) is 16.8 Å². The Morgan fingerprint density at radius 3 is 2.85 bits per heavy atom. The van der Waals surface area contributed by atoms with Crippen molar-refractivity contribution in [3.8, 4) is 11.8 Å². The topological polar surface area (TPSA) is 62.1 Å². The fourth-order valence-corrected chi connectivity index (χ4v) is 4.70. The highest BCUT2D eigenvalue weighted by molar-refractivity contribution is 7.16. The zero-order valence-corrected chi connectivity index (χ0v) is 16.1. The maximum atomic E-state index is 12.4. The third-order valence-corrected chi connectivity index (χ3v) is 5.92. The Morgan fingerprint density at radius 1 is 1.38 bits per heavy atom. The molecule has 0 spiro atoms. The minimum absolute atomic E-state index is 0.0398. The Hall–Kier alpha value is -2.32. The number of carbonyl (C=O) groups is 1.